The Kier molecular flexibility index (Phi) is 3.80. The van der Waals surface area contributed by atoms with Crippen molar-refractivity contribution in [3.63, 3.8) is 0 Å². The predicted molar refractivity (Wildman–Crippen MR) is 76.9 cm³/mol. The Balaban J connectivity index is 1.94. The van der Waals surface area contributed by atoms with Crippen LogP contribution in [0, 0.1) is 0 Å². The van der Waals surface area contributed by atoms with Crippen molar-refractivity contribution < 1.29 is 14.3 Å². The molecule has 2 aromatic rings. The molecule has 0 unspecified atom stereocenters. The summed E-state index contributed by atoms with van der Waals surface area (Å²) >= 11 is 1.41. The van der Waals surface area contributed by atoms with E-state index >= 15 is 0 Å². The van der Waals surface area contributed by atoms with Gasteiger partial charge in [0.15, 0.2) is 0 Å². The number of fused-ring (bicyclic) bond motifs is 1. The number of anilines is 1. The molecular weight excluding hydrogens is 294 g/mol. The number of rotatable bonds is 4. The van der Waals surface area contributed by atoms with Gasteiger partial charge in [-0.2, -0.15) is 0 Å². The molecule has 2 N–H and O–H groups in total. The highest BCUT2D eigenvalue weighted by atomic mass is 32.2. The molecule has 8 heteroatoms. The van der Waals surface area contributed by atoms with Crippen LogP contribution in [0.4, 0.5) is 5.82 Å². The van der Waals surface area contributed by atoms with E-state index in [1.807, 2.05) is 6.07 Å². The highest BCUT2D eigenvalue weighted by Gasteiger charge is 2.18. The Labute approximate surface area is 124 Å². The molecular formula is C13H13N3O4S. The smallest absolute Gasteiger partial charge is 0.413 e. The first kappa shape index (κ1) is 13.9. The maximum Gasteiger partial charge on any atom is 0.424 e. The normalized spacial score (nSPS) is 13.9. The van der Waals surface area contributed by atoms with Crippen LogP contribution in [0.2, 0.25) is 0 Å². The van der Waals surface area contributed by atoms with E-state index in [0.29, 0.717) is 36.0 Å². The Bertz CT molecular complexity index is 737. The van der Waals surface area contributed by atoms with Crippen LogP contribution in [0.5, 0.6) is 0 Å². The first-order valence-corrected chi connectivity index (χ1v) is 7.42. The third kappa shape index (κ3) is 2.86. The van der Waals surface area contributed by atoms with Crippen molar-refractivity contribution in [3.8, 4) is 5.82 Å². The molecule has 110 valence electrons. The second-order valence-corrected chi connectivity index (χ2v) is 5.53. The molecule has 0 saturated heterocycles. The number of thioether (sulfide) groups is 1. The number of carbonyl (C=O) groups excluding carboxylic acids is 1. The lowest BCUT2D eigenvalue weighted by molar-refractivity contribution is -0.113. The standard InChI is InChI=1S/C13H13N3O4S/c17-5-1-2-8-6-16(13(19)20-8)10-4-3-9-12(14-10)15-11(18)7-21-9/h3-4,6,17H,1-2,5,7H2,(H,14,15,18). The molecule has 0 saturated carbocycles. The van der Waals surface area contributed by atoms with Crippen molar-refractivity contribution >= 4 is 23.5 Å². The Morgan fingerprint density at radius 1 is 1.43 bits per heavy atom. The Hall–Kier alpha value is -2.06. The average molecular weight is 307 g/mol. The highest BCUT2D eigenvalue weighted by Crippen LogP contribution is 2.30. The first-order chi connectivity index (χ1) is 10.2. The van der Waals surface area contributed by atoms with Crippen molar-refractivity contribution in [3.05, 3.63) is 34.6 Å². The number of nitrogens with one attached hydrogen (secondary N) is 1. The molecule has 0 aromatic carbocycles. The van der Waals surface area contributed by atoms with E-state index in [4.69, 9.17) is 9.52 Å². The van der Waals surface area contributed by atoms with Gasteiger partial charge in [-0.3, -0.25) is 4.79 Å². The van der Waals surface area contributed by atoms with E-state index in [-0.39, 0.29) is 12.5 Å². The van der Waals surface area contributed by atoms with Gasteiger partial charge in [-0.1, -0.05) is 0 Å². The molecule has 21 heavy (non-hydrogen) atoms. The minimum Gasteiger partial charge on any atom is -0.413 e. The average Bonchev–Trinajstić information content (AvgIpc) is 2.85. The lowest BCUT2D eigenvalue weighted by Gasteiger charge is -2.15. The number of carbonyl (C=O) groups is 1. The molecule has 1 amide bonds. The second kappa shape index (κ2) is 5.74. The van der Waals surface area contributed by atoms with Crippen molar-refractivity contribution in [1.82, 2.24) is 9.55 Å². The fraction of sp³-hybridized carbons (Fsp3) is 0.308. The zero-order valence-corrected chi connectivity index (χ0v) is 11.9. The third-order valence-corrected chi connectivity index (χ3v) is 4.02. The number of pyridine rings is 1. The largest absolute Gasteiger partial charge is 0.424 e. The van der Waals surface area contributed by atoms with Gasteiger partial charge < -0.3 is 14.8 Å². The van der Waals surface area contributed by atoms with Gasteiger partial charge in [0.25, 0.3) is 0 Å². The molecule has 0 bridgehead atoms. The molecule has 2 aromatic heterocycles. The number of nitrogens with zero attached hydrogens (tertiary/aromatic N) is 2. The SMILES string of the molecule is O=C1CSc2ccc(-n3cc(CCCO)oc3=O)nc2N1. The van der Waals surface area contributed by atoms with Crippen LogP contribution in [0.15, 0.2) is 32.4 Å². The topological polar surface area (TPSA) is 97.4 Å². The van der Waals surface area contributed by atoms with Crippen molar-refractivity contribution in [1.29, 1.82) is 0 Å². The minimum absolute atomic E-state index is 0.0369. The first-order valence-electron chi connectivity index (χ1n) is 6.43. The monoisotopic (exact) mass is 307 g/mol. The molecule has 3 rings (SSSR count). The second-order valence-electron chi connectivity index (χ2n) is 4.51. The van der Waals surface area contributed by atoms with Crippen LogP contribution in [0.3, 0.4) is 0 Å². The zero-order valence-electron chi connectivity index (χ0n) is 11.0. The van der Waals surface area contributed by atoms with Crippen LogP contribution in [-0.2, 0) is 11.2 Å². The van der Waals surface area contributed by atoms with Crippen LogP contribution >= 0.6 is 11.8 Å². The van der Waals surface area contributed by atoms with Gasteiger partial charge in [0.1, 0.15) is 17.4 Å². The lowest BCUT2D eigenvalue weighted by Crippen LogP contribution is -2.21. The number of hydrogen-bond donors (Lipinski definition) is 2. The predicted octanol–water partition coefficient (Wildman–Crippen LogP) is 0.795. The van der Waals surface area contributed by atoms with Gasteiger partial charge in [0.05, 0.1) is 16.8 Å². The number of amides is 1. The van der Waals surface area contributed by atoms with Crippen LogP contribution in [0.1, 0.15) is 12.2 Å². The molecule has 0 radical (unpaired) electrons. The van der Waals surface area contributed by atoms with E-state index < -0.39 is 5.76 Å². The van der Waals surface area contributed by atoms with Gasteiger partial charge in [0, 0.05) is 13.0 Å². The van der Waals surface area contributed by atoms with Gasteiger partial charge in [0.2, 0.25) is 5.91 Å². The molecule has 0 aliphatic carbocycles. The van der Waals surface area contributed by atoms with Crippen molar-refractivity contribution in [2.45, 2.75) is 17.7 Å². The molecule has 1 aliphatic heterocycles. The Morgan fingerprint density at radius 3 is 3.10 bits per heavy atom. The number of hydrogen-bond acceptors (Lipinski definition) is 6. The quantitative estimate of drug-likeness (QED) is 0.867. The van der Waals surface area contributed by atoms with E-state index in [1.165, 1.54) is 16.3 Å². The summed E-state index contributed by atoms with van der Waals surface area (Å²) in [5, 5.41) is 11.5. The van der Waals surface area contributed by atoms with Crippen LogP contribution in [-0.4, -0.2) is 32.9 Å². The summed E-state index contributed by atoms with van der Waals surface area (Å²) in [7, 11) is 0. The van der Waals surface area contributed by atoms with E-state index in [9.17, 15) is 9.59 Å². The van der Waals surface area contributed by atoms with Gasteiger partial charge in [-0.05, 0) is 18.6 Å². The minimum atomic E-state index is -0.537. The van der Waals surface area contributed by atoms with Crippen LogP contribution in [0.25, 0.3) is 5.82 Å². The Morgan fingerprint density at radius 2 is 2.29 bits per heavy atom. The molecule has 7 nitrogen and oxygen atoms in total. The number of aliphatic hydroxyl groups is 1. The van der Waals surface area contributed by atoms with E-state index in [2.05, 4.69) is 10.3 Å². The highest BCUT2D eigenvalue weighted by molar-refractivity contribution is 8.00. The van der Waals surface area contributed by atoms with Crippen LogP contribution < -0.4 is 11.1 Å². The fourth-order valence-electron chi connectivity index (χ4n) is 2.00. The van der Waals surface area contributed by atoms with Crippen molar-refractivity contribution in [2.75, 3.05) is 17.7 Å². The summed E-state index contributed by atoms with van der Waals surface area (Å²) in [6, 6.07) is 3.52. The molecule has 0 fully saturated rings. The fourth-order valence-corrected chi connectivity index (χ4v) is 2.76. The third-order valence-electron chi connectivity index (χ3n) is 2.98. The summed E-state index contributed by atoms with van der Waals surface area (Å²) in [5.41, 5.74) is 0. The van der Waals surface area contributed by atoms with Crippen molar-refractivity contribution in [2.24, 2.45) is 0 Å². The summed E-state index contributed by atoms with van der Waals surface area (Å²) in [6.07, 6.45) is 2.57. The number of aryl methyl sites for hydroxylation is 1. The summed E-state index contributed by atoms with van der Waals surface area (Å²) in [4.78, 5) is 28.4. The van der Waals surface area contributed by atoms with E-state index in [0.717, 1.165) is 4.90 Å². The summed E-state index contributed by atoms with van der Waals surface area (Å²) in [6.45, 7) is 0.0369. The lowest BCUT2D eigenvalue weighted by atomic mass is 10.3. The number of aliphatic hydroxyl groups excluding tert-OH is 1. The maximum atomic E-state index is 11.8. The molecule has 0 spiro atoms. The molecule has 3 heterocycles. The van der Waals surface area contributed by atoms with E-state index in [1.54, 1.807) is 12.3 Å². The number of oxazole rings is 1. The number of aromatic nitrogens is 2. The maximum absolute atomic E-state index is 11.8. The van der Waals surface area contributed by atoms with Gasteiger partial charge >= 0.3 is 5.76 Å². The van der Waals surface area contributed by atoms with Gasteiger partial charge in [-0.15, -0.1) is 11.8 Å². The summed E-state index contributed by atoms with van der Waals surface area (Å²) in [5.74, 6) is 1.06. The molecule has 1 aliphatic rings. The summed E-state index contributed by atoms with van der Waals surface area (Å²) < 4.78 is 6.39. The zero-order chi connectivity index (χ0) is 14.8. The molecule has 0 atom stereocenters. The van der Waals surface area contributed by atoms with Gasteiger partial charge in [-0.25, -0.2) is 14.3 Å².